The van der Waals surface area contributed by atoms with Crippen molar-refractivity contribution in [2.75, 3.05) is 27.4 Å². The SMILES string of the molecule is COCC(OC)OCC=O. The zero-order valence-corrected chi connectivity index (χ0v) is 6.20. The molecule has 60 valence electrons. The van der Waals surface area contributed by atoms with Crippen molar-refractivity contribution in [3.05, 3.63) is 0 Å². The average molecular weight is 148 g/mol. The Hall–Kier alpha value is -0.450. The van der Waals surface area contributed by atoms with Crippen LogP contribution in [-0.2, 0) is 19.0 Å². The Morgan fingerprint density at radius 2 is 2.20 bits per heavy atom. The minimum Gasteiger partial charge on any atom is -0.379 e. The van der Waals surface area contributed by atoms with Crippen LogP contribution in [-0.4, -0.2) is 40.0 Å². The molecule has 0 heterocycles. The van der Waals surface area contributed by atoms with Gasteiger partial charge in [0.05, 0.1) is 6.61 Å². The molecule has 0 aliphatic carbocycles. The molecule has 4 heteroatoms. The van der Waals surface area contributed by atoms with Crippen LogP contribution in [0.5, 0.6) is 0 Å². The summed E-state index contributed by atoms with van der Waals surface area (Å²) < 4.78 is 14.4. The lowest BCUT2D eigenvalue weighted by Gasteiger charge is -2.12. The molecule has 0 N–H and O–H groups in total. The van der Waals surface area contributed by atoms with Gasteiger partial charge in [-0.05, 0) is 0 Å². The van der Waals surface area contributed by atoms with Crippen molar-refractivity contribution in [1.29, 1.82) is 0 Å². The molecule has 0 aliphatic rings. The van der Waals surface area contributed by atoms with E-state index in [9.17, 15) is 4.79 Å². The highest BCUT2D eigenvalue weighted by Gasteiger charge is 2.04. The molecule has 0 fully saturated rings. The molecule has 0 saturated carbocycles. The van der Waals surface area contributed by atoms with Gasteiger partial charge in [0.2, 0.25) is 0 Å². The predicted octanol–water partition coefficient (Wildman–Crippen LogP) is -0.179. The van der Waals surface area contributed by atoms with Crippen LogP contribution < -0.4 is 0 Å². The third-order valence-corrected chi connectivity index (χ3v) is 0.916. The highest BCUT2D eigenvalue weighted by molar-refractivity contribution is 5.50. The van der Waals surface area contributed by atoms with Gasteiger partial charge in [-0.3, -0.25) is 0 Å². The molecule has 0 saturated heterocycles. The second-order valence-electron chi connectivity index (χ2n) is 1.62. The Balaban J connectivity index is 3.29. The maximum absolute atomic E-state index is 9.81. The minimum absolute atomic E-state index is 0.0435. The van der Waals surface area contributed by atoms with Crippen LogP contribution >= 0.6 is 0 Å². The van der Waals surface area contributed by atoms with Crippen LogP contribution in [0.25, 0.3) is 0 Å². The van der Waals surface area contributed by atoms with Crippen LogP contribution in [0.4, 0.5) is 0 Å². The van der Waals surface area contributed by atoms with Gasteiger partial charge >= 0.3 is 0 Å². The zero-order chi connectivity index (χ0) is 7.82. The van der Waals surface area contributed by atoms with Crippen LogP contribution in [0.15, 0.2) is 0 Å². The smallest absolute Gasteiger partial charge is 0.180 e. The molecule has 1 unspecified atom stereocenters. The Morgan fingerprint density at radius 3 is 2.60 bits per heavy atom. The number of aldehydes is 1. The molecule has 0 aromatic carbocycles. The fraction of sp³-hybridized carbons (Fsp3) is 0.833. The van der Waals surface area contributed by atoms with Crippen molar-refractivity contribution in [3.8, 4) is 0 Å². The second kappa shape index (κ2) is 6.67. The quantitative estimate of drug-likeness (QED) is 0.387. The van der Waals surface area contributed by atoms with Gasteiger partial charge < -0.3 is 19.0 Å². The standard InChI is InChI=1S/C6H12O4/c1-8-5-6(9-2)10-4-3-7/h3,6H,4-5H2,1-2H3. The monoisotopic (exact) mass is 148 g/mol. The van der Waals surface area contributed by atoms with Crippen LogP contribution in [0, 0.1) is 0 Å². The van der Waals surface area contributed by atoms with Gasteiger partial charge in [0, 0.05) is 14.2 Å². The fourth-order valence-electron chi connectivity index (χ4n) is 0.467. The van der Waals surface area contributed by atoms with Crippen molar-refractivity contribution >= 4 is 6.29 Å². The third kappa shape index (κ3) is 4.43. The maximum atomic E-state index is 9.81. The average Bonchev–Trinajstić information content (AvgIpc) is 1.98. The molecule has 0 rings (SSSR count). The van der Waals surface area contributed by atoms with E-state index in [1.807, 2.05) is 0 Å². The number of rotatable bonds is 6. The molecule has 0 amide bonds. The van der Waals surface area contributed by atoms with Gasteiger partial charge in [-0.2, -0.15) is 0 Å². The number of methoxy groups -OCH3 is 2. The lowest BCUT2D eigenvalue weighted by molar-refractivity contribution is -0.155. The van der Waals surface area contributed by atoms with E-state index < -0.39 is 6.29 Å². The summed E-state index contributed by atoms with van der Waals surface area (Å²) in [5.41, 5.74) is 0. The van der Waals surface area contributed by atoms with E-state index >= 15 is 0 Å². The van der Waals surface area contributed by atoms with E-state index in [4.69, 9.17) is 14.2 Å². The van der Waals surface area contributed by atoms with E-state index in [1.54, 1.807) is 0 Å². The first kappa shape index (κ1) is 9.55. The van der Waals surface area contributed by atoms with E-state index in [0.29, 0.717) is 12.9 Å². The third-order valence-electron chi connectivity index (χ3n) is 0.916. The molecule has 1 atom stereocenters. The summed E-state index contributed by atoms with van der Waals surface area (Å²) in [6, 6.07) is 0. The van der Waals surface area contributed by atoms with Crippen molar-refractivity contribution in [2.24, 2.45) is 0 Å². The summed E-state index contributed by atoms with van der Waals surface area (Å²) >= 11 is 0. The van der Waals surface area contributed by atoms with Gasteiger partial charge in [-0.1, -0.05) is 0 Å². The second-order valence-corrected chi connectivity index (χ2v) is 1.62. The Morgan fingerprint density at radius 1 is 1.50 bits per heavy atom. The molecule has 10 heavy (non-hydrogen) atoms. The summed E-state index contributed by atoms with van der Waals surface area (Å²) in [7, 11) is 3.03. The molecule has 0 aromatic rings. The lowest BCUT2D eigenvalue weighted by atomic mass is 10.6. The highest BCUT2D eigenvalue weighted by Crippen LogP contribution is 1.91. The number of carbonyl (C=O) groups is 1. The number of hydrogen-bond donors (Lipinski definition) is 0. The molecule has 0 radical (unpaired) electrons. The predicted molar refractivity (Wildman–Crippen MR) is 34.7 cm³/mol. The molecule has 0 spiro atoms. The molecule has 0 bridgehead atoms. The van der Waals surface area contributed by atoms with E-state index in [-0.39, 0.29) is 6.61 Å². The molecule has 4 nitrogen and oxygen atoms in total. The first-order chi connectivity index (χ1) is 4.85. The van der Waals surface area contributed by atoms with Gasteiger partial charge in [-0.15, -0.1) is 0 Å². The Kier molecular flexibility index (Phi) is 6.37. The molecule has 0 aliphatic heterocycles. The van der Waals surface area contributed by atoms with Gasteiger partial charge in [-0.25, -0.2) is 0 Å². The summed E-state index contributed by atoms with van der Waals surface area (Å²) in [5, 5.41) is 0. The van der Waals surface area contributed by atoms with Gasteiger partial charge in [0.15, 0.2) is 6.29 Å². The van der Waals surface area contributed by atoms with Crippen LogP contribution in [0.1, 0.15) is 0 Å². The topological polar surface area (TPSA) is 44.8 Å². The van der Waals surface area contributed by atoms with Crippen molar-refractivity contribution < 1.29 is 19.0 Å². The van der Waals surface area contributed by atoms with E-state index in [0.717, 1.165) is 0 Å². The van der Waals surface area contributed by atoms with E-state index in [2.05, 4.69) is 0 Å². The summed E-state index contributed by atoms with van der Waals surface area (Å²) in [4.78, 5) is 9.81. The first-order valence-corrected chi connectivity index (χ1v) is 2.92. The van der Waals surface area contributed by atoms with Gasteiger partial charge in [0.1, 0.15) is 12.9 Å². The Labute approximate surface area is 60.1 Å². The zero-order valence-electron chi connectivity index (χ0n) is 6.20. The maximum Gasteiger partial charge on any atom is 0.180 e. The largest absolute Gasteiger partial charge is 0.379 e. The molecular formula is C6H12O4. The number of hydrogen-bond acceptors (Lipinski definition) is 4. The summed E-state index contributed by atoms with van der Waals surface area (Å²) in [6.45, 7) is 0.381. The fourth-order valence-corrected chi connectivity index (χ4v) is 0.467. The minimum atomic E-state index is -0.435. The van der Waals surface area contributed by atoms with Crippen molar-refractivity contribution in [3.63, 3.8) is 0 Å². The highest BCUT2D eigenvalue weighted by atomic mass is 16.7. The lowest BCUT2D eigenvalue weighted by Crippen LogP contribution is -2.21. The molecule has 0 aromatic heterocycles. The Bertz CT molecular complexity index is 83.8. The van der Waals surface area contributed by atoms with Crippen LogP contribution in [0.2, 0.25) is 0 Å². The van der Waals surface area contributed by atoms with Crippen molar-refractivity contribution in [1.82, 2.24) is 0 Å². The summed E-state index contributed by atoms with van der Waals surface area (Å²) in [5.74, 6) is 0. The number of carbonyl (C=O) groups excluding carboxylic acids is 1. The number of ether oxygens (including phenoxy) is 3. The van der Waals surface area contributed by atoms with Crippen LogP contribution in [0.3, 0.4) is 0 Å². The first-order valence-electron chi connectivity index (χ1n) is 2.92. The van der Waals surface area contributed by atoms with Gasteiger partial charge in [0.25, 0.3) is 0 Å². The normalized spacial score (nSPS) is 13.0. The van der Waals surface area contributed by atoms with E-state index in [1.165, 1.54) is 14.2 Å². The summed E-state index contributed by atoms with van der Waals surface area (Å²) in [6.07, 6.45) is 0.233. The molecular weight excluding hydrogens is 136 g/mol. The van der Waals surface area contributed by atoms with Crippen molar-refractivity contribution in [2.45, 2.75) is 6.29 Å².